The maximum Gasteiger partial charge on any atom is 0.253 e. The van der Waals surface area contributed by atoms with Crippen LogP contribution in [0.4, 0.5) is 10.1 Å². The molecule has 0 aromatic heterocycles. The predicted molar refractivity (Wildman–Crippen MR) is 117 cm³/mol. The van der Waals surface area contributed by atoms with Crippen LogP contribution >= 0.6 is 11.6 Å². The maximum atomic E-state index is 14.0. The Labute approximate surface area is 185 Å². The molecule has 4 rings (SSSR count). The molecule has 2 aliphatic rings. The number of ether oxygens (including phenoxy) is 1. The quantitative estimate of drug-likeness (QED) is 0.740. The lowest BCUT2D eigenvalue weighted by Crippen LogP contribution is -2.37. The van der Waals surface area contributed by atoms with Crippen LogP contribution < -0.4 is 15.5 Å². The highest BCUT2D eigenvalue weighted by molar-refractivity contribution is 6.30. The number of hydrogen-bond donors (Lipinski definition) is 2. The van der Waals surface area contributed by atoms with Crippen molar-refractivity contribution in [2.45, 2.75) is 18.9 Å². The molecule has 8 heteroatoms. The van der Waals surface area contributed by atoms with Crippen molar-refractivity contribution >= 4 is 29.1 Å². The van der Waals surface area contributed by atoms with Crippen molar-refractivity contribution in [3.63, 3.8) is 0 Å². The fraction of sp³-hybridized carbons (Fsp3) is 0.391. The van der Waals surface area contributed by atoms with Gasteiger partial charge in [0.1, 0.15) is 5.82 Å². The van der Waals surface area contributed by atoms with Crippen molar-refractivity contribution in [3.05, 3.63) is 64.4 Å². The van der Waals surface area contributed by atoms with Crippen LogP contribution in [0.3, 0.4) is 0 Å². The van der Waals surface area contributed by atoms with E-state index < -0.39 is 5.82 Å². The molecule has 2 amide bonds. The minimum absolute atomic E-state index is 0.0337. The number of hydrogen-bond acceptors (Lipinski definition) is 4. The second kappa shape index (κ2) is 9.77. The molecule has 164 valence electrons. The summed E-state index contributed by atoms with van der Waals surface area (Å²) in [6.45, 7) is 2.73. The summed E-state index contributed by atoms with van der Waals surface area (Å²) in [5, 5.41) is 6.35. The van der Waals surface area contributed by atoms with Crippen molar-refractivity contribution in [2.75, 3.05) is 37.7 Å². The van der Waals surface area contributed by atoms with Gasteiger partial charge in [0, 0.05) is 38.5 Å². The van der Waals surface area contributed by atoms with E-state index in [-0.39, 0.29) is 28.9 Å². The molecule has 0 bridgehead atoms. The fourth-order valence-corrected chi connectivity index (χ4v) is 4.27. The van der Waals surface area contributed by atoms with Crippen molar-refractivity contribution in [3.8, 4) is 0 Å². The van der Waals surface area contributed by atoms with Crippen molar-refractivity contribution in [1.29, 1.82) is 0 Å². The minimum atomic E-state index is -0.494. The Hall–Kier alpha value is -2.48. The van der Waals surface area contributed by atoms with Crippen LogP contribution in [-0.4, -0.2) is 44.6 Å². The van der Waals surface area contributed by atoms with Gasteiger partial charge in [0.05, 0.1) is 29.0 Å². The summed E-state index contributed by atoms with van der Waals surface area (Å²) >= 11 is 5.82. The third kappa shape index (κ3) is 4.89. The van der Waals surface area contributed by atoms with Crippen molar-refractivity contribution < 1.29 is 18.7 Å². The zero-order valence-electron chi connectivity index (χ0n) is 17.1. The molecule has 2 atom stereocenters. The number of para-hydroxylation sites is 1. The summed E-state index contributed by atoms with van der Waals surface area (Å²) in [7, 11) is 0. The molecular weight excluding hydrogens is 421 g/mol. The normalized spacial score (nSPS) is 21.7. The summed E-state index contributed by atoms with van der Waals surface area (Å²) in [5.74, 6) is -0.813. The largest absolute Gasteiger partial charge is 0.372 e. The van der Waals surface area contributed by atoms with Gasteiger partial charge in [-0.3, -0.25) is 9.59 Å². The second-order valence-corrected chi connectivity index (χ2v) is 8.21. The third-order valence-corrected chi connectivity index (χ3v) is 6.03. The maximum absolute atomic E-state index is 14.0. The summed E-state index contributed by atoms with van der Waals surface area (Å²) in [4.78, 5) is 26.9. The first kappa shape index (κ1) is 21.7. The Balaban J connectivity index is 1.50. The molecule has 2 fully saturated rings. The smallest absolute Gasteiger partial charge is 0.253 e. The number of rotatable bonds is 5. The zero-order chi connectivity index (χ0) is 21.8. The number of benzene rings is 2. The number of nitrogens with zero attached hydrogens (tertiary/aromatic N) is 1. The molecule has 2 aliphatic heterocycles. The van der Waals surface area contributed by atoms with Gasteiger partial charge in [-0.1, -0.05) is 29.8 Å². The van der Waals surface area contributed by atoms with E-state index in [2.05, 4.69) is 10.6 Å². The Morgan fingerprint density at radius 3 is 2.90 bits per heavy atom. The summed E-state index contributed by atoms with van der Waals surface area (Å²) in [6.07, 6.45) is 0.914. The first-order valence-corrected chi connectivity index (χ1v) is 10.9. The molecule has 31 heavy (non-hydrogen) atoms. The van der Waals surface area contributed by atoms with Crippen LogP contribution in [0.2, 0.25) is 5.02 Å². The number of nitrogens with one attached hydrogen (secondary N) is 2. The van der Waals surface area contributed by atoms with Crippen LogP contribution in [0.1, 0.15) is 34.9 Å². The number of carbonyl (C=O) groups is 2. The molecule has 0 saturated carbocycles. The molecule has 2 saturated heterocycles. The molecule has 2 aromatic rings. The molecule has 0 spiro atoms. The van der Waals surface area contributed by atoms with E-state index >= 15 is 0 Å². The molecule has 2 N–H and O–H groups in total. The SMILES string of the molecule is O=C(NC[C@@H]1CNCCO[C@H]1c1ccc(Cl)c(F)c1)c1ccccc1N1CCCC1=O. The van der Waals surface area contributed by atoms with Crippen LogP contribution in [-0.2, 0) is 9.53 Å². The van der Waals surface area contributed by atoms with E-state index in [0.29, 0.717) is 56.0 Å². The average molecular weight is 446 g/mol. The van der Waals surface area contributed by atoms with Gasteiger partial charge in [-0.25, -0.2) is 4.39 Å². The highest BCUT2D eigenvalue weighted by atomic mass is 35.5. The summed E-state index contributed by atoms with van der Waals surface area (Å²) in [5.41, 5.74) is 1.79. The number of anilines is 1. The van der Waals surface area contributed by atoms with Gasteiger partial charge in [0.15, 0.2) is 0 Å². The van der Waals surface area contributed by atoms with Gasteiger partial charge in [0.2, 0.25) is 5.91 Å². The Bertz CT molecular complexity index is 971. The van der Waals surface area contributed by atoms with Crippen molar-refractivity contribution in [1.82, 2.24) is 10.6 Å². The van der Waals surface area contributed by atoms with Crippen LogP contribution in [0, 0.1) is 11.7 Å². The van der Waals surface area contributed by atoms with Gasteiger partial charge < -0.3 is 20.3 Å². The van der Waals surface area contributed by atoms with Crippen LogP contribution in [0.15, 0.2) is 42.5 Å². The highest BCUT2D eigenvalue weighted by Crippen LogP contribution is 2.30. The highest BCUT2D eigenvalue weighted by Gasteiger charge is 2.29. The van der Waals surface area contributed by atoms with Gasteiger partial charge in [-0.2, -0.15) is 0 Å². The van der Waals surface area contributed by atoms with E-state index in [0.717, 1.165) is 6.42 Å². The van der Waals surface area contributed by atoms with E-state index in [4.69, 9.17) is 16.3 Å². The Morgan fingerprint density at radius 2 is 2.13 bits per heavy atom. The minimum Gasteiger partial charge on any atom is -0.372 e. The second-order valence-electron chi connectivity index (χ2n) is 7.81. The molecule has 2 heterocycles. The van der Waals surface area contributed by atoms with Gasteiger partial charge in [0.25, 0.3) is 5.91 Å². The summed E-state index contributed by atoms with van der Waals surface area (Å²) < 4.78 is 20.0. The standard InChI is InChI=1S/C23H25ClFN3O3/c24-18-8-7-15(12-19(18)25)22-16(13-26-9-11-31-22)14-27-23(30)17-4-1-2-5-20(17)28-10-3-6-21(28)29/h1-2,4-5,7-8,12,16,22,26H,3,6,9-11,13-14H2,(H,27,30)/t16-,22-/m0/s1. The summed E-state index contributed by atoms with van der Waals surface area (Å²) in [6, 6.07) is 11.8. The third-order valence-electron chi connectivity index (χ3n) is 5.72. The van der Waals surface area contributed by atoms with E-state index in [9.17, 15) is 14.0 Å². The lowest BCUT2D eigenvalue weighted by molar-refractivity contribution is -0.117. The monoisotopic (exact) mass is 445 g/mol. The zero-order valence-corrected chi connectivity index (χ0v) is 17.8. The molecule has 0 unspecified atom stereocenters. The van der Waals surface area contributed by atoms with Crippen LogP contribution in [0.25, 0.3) is 0 Å². The predicted octanol–water partition coefficient (Wildman–Crippen LogP) is 3.31. The van der Waals surface area contributed by atoms with Gasteiger partial charge in [-0.05, 0) is 36.2 Å². The number of carbonyl (C=O) groups excluding carboxylic acids is 2. The van der Waals surface area contributed by atoms with Crippen LogP contribution in [0.5, 0.6) is 0 Å². The first-order chi connectivity index (χ1) is 15.0. The topological polar surface area (TPSA) is 70.7 Å². The number of halogens is 2. The number of amides is 2. The van der Waals surface area contributed by atoms with E-state index in [1.807, 2.05) is 6.07 Å². The molecule has 2 aromatic carbocycles. The molecule has 0 aliphatic carbocycles. The molecule has 0 radical (unpaired) electrons. The van der Waals surface area contributed by atoms with E-state index in [1.165, 1.54) is 12.1 Å². The Morgan fingerprint density at radius 1 is 1.29 bits per heavy atom. The first-order valence-electron chi connectivity index (χ1n) is 10.5. The lowest BCUT2D eigenvalue weighted by Gasteiger charge is -2.26. The molecule has 6 nitrogen and oxygen atoms in total. The van der Waals surface area contributed by atoms with Gasteiger partial charge in [-0.15, -0.1) is 0 Å². The molecular formula is C23H25ClFN3O3. The van der Waals surface area contributed by atoms with Crippen molar-refractivity contribution in [2.24, 2.45) is 5.92 Å². The Kier molecular flexibility index (Phi) is 6.85. The fourth-order valence-electron chi connectivity index (χ4n) is 4.15. The average Bonchev–Trinajstić information content (AvgIpc) is 3.06. The lowest BCUT2D eigenvalue weighted by atomic mass is 9.95. The van der Waals surface area contributed by atoms with Gasteiger partial charge >= 0.3 is 0 Å². The van der Waals surface area contributed by atoms with E-state index in [1.54, 1.807) is 29.2 Å².